The van der Waals surface area contributed by atoms with Crippen molar-refractivity contribution in [3.8, 4) is 0 Å². The Labute approximate surface area is 180 Å². The summed E-state index contributed by atoms with van der Waals surface area (Å²) in [4.78, 5) is 0.254. The molecule has 0 aliphatic heterocycles. The van der Waals surface area contributed by atoms with Crippen LogP contribution < -0.4 is 4.72 Å². The molecule has 0 aromatic heterocycles. The van der Waals surface area contributed by atoms with Crippen LogP contribution in [0.4, 0.5) is 0 Å². The van der Waals surface area contributed by atoms with Crippen molar-refractivity contribution >= 4 is 26.7 Å². The minimum absolute atomic E-state index is 0.0517. The lowest BCUT2D eigenvalue weighted by Gasteiger charge is -2.39. The van der Waals surface area contributed by atoms with Gasteiger partial charge in [0.05, 0.1) is 24.2 Å². The van der Waals surface area contributed by atoms with Crippen molar-refractivity contribution in [2.45, 2.75) is 88.7 Å². The zero-order valence-corrected chi connectivity index (χ0v) is 22.7. The van der Waals surface area contributed by atoms with E-state index in [0.717, 1.165) is 0 Å². The lowest BCUT2D eigenvalue weighted by atomic mass is 10.2. The van der Waals surface area contributed by atoms with E-state index < -0.39 is 32.7 Å². The largest absolute Gasteiger partial charge is 0.415 e. The molecule has 1 rings (SSSR count). The Bertz CT molecular complexity index is 721. The van der Waals surface area contributed by atoms with Crippen LogP contribution in [0.5, 0.6) is 0 Å². The predicted octanol–water partition coefficient (Wildman–Crippen LogP) is 5.38. The van der Waals surface area contributed by atoms with Crippen LogP contribution >= 0.6 is 0 Å². The van der Waals surface area contributed by atoms with Gasteiger partial charge in [0.25, 0.3) is 0 Å². The SMILES string of the molecule is CC(C)(C)[Si](C)(C)OCC(CO[Si](C)(C)C(C)(C)C)NS(=O)(=O)c1ccccc1. The summed E-state index contributed by atoms with van der Waals surface area (Å²) >= 11 is 0. The van der Waals surface area contributed by atoms with Gasteiger partial charge < -0.3 is 8.85 Å². The Balaban J connectivity index is 3.02. The van der Waals surface area contributed by atoms with Crippen molar-refractivity contribution in [3.05, 3.63) is 30.3 Å². The third-order valence-electron chi connectivity index (χ3n) is 6.28. The molecule has 0 amide bonds. The molecule has 168 valence electrons. The van der Waals surface area contributed by atoms with Crippen molar-refractivity contribution < 1.29 is 17.3 Å². The van der Waals surface area contributed by atoms with E-state index in [4.69, 9.17) is 8.85 Å². The van der Waals surface area contributed by atoms with Crippen molar-refractivity contribution in [2.24, 2.45) is 0 Å². The summed E-state index contributed by atoms with van der Waals surface area (Å²) in [6.45, 7) is 22.3. The second-order valence-corrected chi connectivity index (χ2v) is 22.1. The van der Waals surface area contributed by atoms with Crippen LogP contribution in [0.25, 0.3) is 0 Å². The van der Waals surface area contributed by atoms with Gasteiger partial charge in [-0.15, -0.1) is 0 Å². The van der Waals surface area contributed by atoms with Gasteiger partial charge in [0.2, 0.25) is 10.0 Å². The third-order valence-corrected chi connectivity index (χ3v) is 16.8. The van der Waals surface area contributed by atoms with Crippen molar-refractivity contribution in [1.82, 2.24) is 4.72 Å². The fourth-order valence-corrected chi connectivity index (χ4v) is 5.38. The molecule has 0 saturated heterocycles. The van der Waals surface area contributed by atoms with Gasteiger partial charge in [-0.25, -0.2) is 13.1 Å². The van der Waals surface area contributed by atoms with Gasteiger partial charge in [-0.05, 0) is 48.4 Å². The standard InChI is InChI=1S/C21H41NO4SSi2/c1-20(2,3)28(7,8)25-16-18(17-26-29(9,10)21(4,5)6)22-27(23,24)19-14-12-11-13-15-19/h11-15,18,22H,16-17H2,1-10H3. The molecule has 0 bridgehead atoms. The van der Waals surface area contributed by atoms with Gasteiger partial charge in [-0.3, -0.25) is 0 Å². The summed E-state index contributed by atoms with van der Waals surface area (Å²) in [6, 6.07) is 8.01. The van der Waals surface area contributed by atoms with Crippen LogP contribution in [-0.4, -0.2) is 44.3 Å². The Morgan fingerprint density at radius 1 is 0.828 bits per heavy atom. The van der Waals surface area contributed by atoms with E-state index >= 15 is 0 Å². The van der Waals surface area contributed by atoms with E-state index in [9.17, 15) is 8.42 Å². The second-order valence-electron chi connectivity index (χ2n) is 10.8. The maximum atomic E-state index is 12.9. The molecule has 5 nitrogen and oxygen atoms in total. The number of sulfonamides is 1. The average molecular weight is 460 g/mol. The molecule has 0 saturated carbocycles. The number of rotatable bonds is 9. The summed E-state index contributed by atoms with van der Waals surface area (Å²) in [7, 11) is -7.67. The van der Waals surface area contributed by atoms with Crippen molar-refractivity contribution in [3.63, 3.8) is 0 Å². The Morgan fingerprint density at radius 2 is 1.21 bits per heavy atom. The van der Waals surface area contributed by atoms with Gasteiger partial charge in [0.15, 0.2) is 16.6 Å². The quantitative estimate of drug-likeness (QED) is 0.504. The Hall–Kier alpha value is -0.516. The molecular formula is C21H41NO4SSi2. The predicted molar refractivity (Wildman–Crippen MR) is 127 cm³/mol. The van der Waals surface area contributed by atoms with Crippen LogP contribution in [-0.2, 0) is 18.9 Å². The Morgan fingerprint density at radius 3 is 1.55 bits per heavy atom. The highest BCUT2D eigenvalue weighted by Crippen LogP contribution is 2.38. The molecule has 0 spiro atoms. The smallest absolute Gasteiger partial charge is 0.240 e. The van der Waals surface area contributed by atoms with Gasteiger partial charge in [-0.1, -0.05) is 59.7 Å². The van der Waals surface area contributed by atoms with Crippen LogP contribution in [0.1, 0.15) is 41.5 Å². The molecule has 0 aliphatic carbocycles. The fraction of sp³-hybridized carbons (Fsp3) is 0.714. The molecule has 29 heavy (non-hydrogen) atoms. The normalized spacial score (nSPS) is 14.4. The average Bonchev–Trinajstić information content (AvgIpc) is 2.56. The minimum atomic E-state index is -3.64. The summed E-state index contributed by atoms with van der Waals surface area (Å²) < 4.78 is 41.3. The topological polar surface area (TPSA) is 64.6 Å². The third kappa shape index (κ3) is 7.59. The zero-order chi connectivity index (χ0) is 22.7. The highest BCUT2D eigenvalue weighted by molar-refractivity contribution is 7.89. The van der Waals surface area contributed by atoms with E-state index in [1.54, 1.807) is 30.3 Å². The monoisotopic (exact) mass is 459 g/mol. The van der Waals surface area contributed by atoms with Gasteiger partial charge >= 0.3 is 0 Å². The van der Waals surface area contributed by atoms with Crippen LogP contribution in [0.2, 0.25) is 36.3 Å². The molecule has 0 radical (unpaired) electrons. The first-order valence-electron chi connectivity index (χ1n) is 10.2. The van der Waals surface area contributed by atoms with Gasteiger partial charge in [-0.2, -0.15) is 0 Å². The molecular weight excluding hydrogens is 418 g/mol. The number of nitrogens with one attached hydrogen (secondary N) is 1. The first-order chi connectivity index (χ1) is 12.9. The van der Waals surface area contributed by atoms with Crippen molar-refractivity contribution in [2.75, 3.05) is 13.2 Å². The lowest BCUT2D eigenvalue weighted by Crippen LogP contribution is -2.50. The van der Waals surface area contributed by atoms with Crippen LogP contribution in [0, 0.1) is 0 Å². The molecule has 0 fully saturated rings. The molecule has 0 heterocycles. The van der Waals surface area contributed by atoms with E-state index in [1.165, 1.54) is 0 Å². The molecule has 8 heteroatoms. The first-order valence-corrected chi connectivity index (χ1v) is 17.5. The number of hydrogen-bond donors (Lipinski definition) is 1. The van der Waals surface area contributed by atoms with Crippen LogP contribution in [0.3, 0.4) is 0 Å². The molecule has 1 aromatic carbocycles. The number of hydrogen-bond acceptors (Lipinski definition) is 4. The summed E-state index contributed by atoms with van der Waals surface area (Å²) in [5.41, 5.74) is 0. The van der Waals surface area contributed by atoms with Crippen molar-refractivity contribution in [1.29, 1.82) is 0 Å². The maximum Gasteiger partial charge on any atom is 0.240 e. The maximum absolute atomic E-state index is 12.9. The van der Waals surface area contributed by atoms with Crippen LogP contribution in [0.15, 0.2) is 35.2 Å². The lowest BCUT2D eigenvalue weighted by molar-refractivity contribution is 0.189. The first kappa shape index (κ1) is 26.5. The fourth-order valence-electron chi connectivity index (χ4n) is 2.05. The molecule has 1 N–H and O–H groups in total. The zero-order valence-electron chi connectivity index (χ0n) is 19.9. The van der Waals surface area contributed by atoms with E-state index in [1.807, 2.05) is 0 Å². The van der Waals surface area contributed by atoms with E-state index in [0.29, 0.717) is 13.2 Å². The van der Waals surface area contributed by atoms with E-state index in [-0.39, 0.29) is 15.0 Å². The highest BCUT2D eigenvalue weighted by atomic mass is 32.2. The molecule has 1 aromatic rings. The molecule has 0 atom stereocenters. The van der Waals surface area contributed by atoms with Gasteiger partial charge in [0, 0.05) is 0 Å². The summed E-state index contributed by atoms with van der Waals surface area (Å²) in [6.07, 6.45) is 0. The van der Waals surface area contributed by atoms with E-state index in [2.05, 4.69) is 72.5 Å². The highest BCUT2D eigenvalue weighted by Gasteiger charge is 2.40. The summed E-state index contributed by atoms with van der Waals surface area (Å²) in [5.74, 6) is 0. The minimum Gasteiger partial charge on any atom is -0.415 e. The molecule has 0 unspecified atom stereocenters. The van der Waals surface area contributed by atoms with Gasteiger partial charge in [0.1, 0.15) is 0 Å². The second kappa shape index (κ2) is 9.32. The number of benzene rings is 1. The Kier molecular flexibility index (Phi) is 8.52. The summed E-state index contributed by atoms with van der Waals surface area (Å²) in [5, 5.41) is 0.103. The molecule has 0 aliphatic rings.